The largest absolute Gasteiger partial charge is 0.352 e. The number of rotatable bonds is 4. The standard InChI is InChI=1S/C12H13BrClN3O2/c1-17(6-10(18)16-8-2-3-8)12(19)9-4-7(13)5-15-11(9)14/h4-5,8H,2-3,6H2,1H3,(H,16,18). The van der Waals surface area contributed by atoms with Gasteiger partial charge in [0.05, 0.1) is 12.1 Å². The normalized spacial score (nSPS) is 14.1. The van der Waals surface area contributed by atoms with Crippen molar-refractivity contribution in [2.45, 2.75) is 18.9 Å². The average molecular weight is 347 g/mol. The number of carbonyl (C=O) groups is 2. The number of likely N-dealkylation sites (N-methyl/N-ethyl adjacent to an activating group) is 1. The zero-order valence-electron chi connectivity index (χ0n) is 10.3. The third kappa shape index (κ3) is 3.91. The Kier molecular flexibility index (Phi) is 4.42. The number of amides is 2. The van der Waals surface area contributed by atoms with E-state index in [2.05, 4.69) is 26.2 Å². The fourth-order valence-electron chi connectivity index (χ4n) is 1.57. The summed E-state index contributed by atoms with van der Waals surface area (Å²) in [7, 11) is 1.56. The van der Waals surface area contributed by atoms with Gasteiger partial charge in [0.15, 0.2) is 0 Å². The topological polar surface area (TPSA) is 62.3 Å². The lowest BCUT2D eigenvalue weighted by atomic mass is 10.2. The van der Waals surface area contributed by atoms with E-state index in [1.807, 2.05) is 0 Å². The first-order valence-electron chi connectivity index (χ1n) is 5.83. The molecule has 0 bridgehead atoms. The van der Waals surface area contributed by atoms with E-state index >= 15 is 0 Å². The summed E-state index contributed by atoms with van der Waals surface area (Å²) in [4.78, 5) is 29.0. The van der Waals surface area contributed by atoms with Gasteiger partial charge in [0.2, 0.25) is 5.91 Å². The van der Waals surface area contributed by atoms with Gasteiger partial charge in [0.1, 0.15) is 5.15 Å². The van der Waals surface area contributed by atoms with Crippen molar-refractivity contribution in [3.63, 3.8) is 0 Å². The number of nitrogens with one attached hydrogen (secondary N) is 1. The minimum Gasteiger partial charge on any atom is -0.352 e. The zero-order valence-corrected chi connectivity index (χ0v) is 12.7. The molecule has 7 heteroatoms. The Hall–Kier alpha value is -1.14. The van der Waals surface area contributed by atoms with Crippen molar-refractivity contribution in [1.82, 2.24) is 15.2 Å². The first kappa shape index (κ1) is 14.3. The van der Waals surface area contributed by atoms with Gasteiger partial charge in [-0.05, 0) is 34.8 Å². The van der Waals surface area contributed by atoms with Crippen molar-refractivity contribution >= 4 is 39.3 Å². The van der Waals surface area contributed by atoms with Crippen LogP contribution >= 0.6 is 27.5 Å². The molecule has 1 fully saturated rings. The van der Waals surface area contributed by atoms with Crippen LogP contribution in [0.2, 0.25) is 5.15 Å². The summed E-state index contributed by atoms with van der Waals surface area (Å²) in [6.45, 7) is 0.0121. The molecule has 0 saturated heterocycles. The monoisotopic (exact) mass is 345 g/mol. The van der Waals surface area contributed by atoms with Gasteiger partial charge in [-0.25, -0.2) is 4.98 Å². The van der Waals surface area contributed by atoms with Crippen LogP contribution in [0.5, 0.6) is 0 Å². The minimum absolute atomic E-state index is 0.0121. The van der Waals surface area contributed by atoms with Gasteiger partial charge in [0.25, 0.3) is 5.91 Å². The van der Waals surface area contributed by atoms with Crippen LogP contribution in [0.1, 0.15) is 23.2 Å². The van der Waals surface area contributed by atoms with E-state index in [0.29, 0.717) is 4.47 Å². The lowest BCUT2D eigenvalue weighted by Crippen LogP contribution is -2.39. The lowest BCUT2D eigenvalue weighted by Gasteiger charge is -2.17. The van der Waals surface area contributed by atoms with Gasteiger partial charge in [-0.3, -0.25) is 9.59 Å². The second-order valence-corrected chi connectivity index (χ2v) is 5.77. The number of carbonyl (C=O) groups excluding carboxylic acids is 2. The predicted molar refractivity (Wildman–Crippen MR) is 75.1 cm³/mol. The molecule has 1 aliphatic rings. The Balaban J connectivity index is 2.01. The van der Waals surface area contributed by atoms with Gasteiger partial charge in [-0.1, -0.05) is 11.6 Å². The van der Waals surface area contributed by atoms with E-state index in [1.54, 1.807) is 13.1 Å². The molecule has 1 aromatic heterocycles. The number of halogens is 2. The SMILES string of the molecule is CN(CC(=O)NC1CC1)C(=O)c1cc(Br)cnc1Cl. The summed E-state index contributed by atoms with van der Waals surface area (Å²) in [5.74, 6) is -0.484. The van der Waals surface area contributed by atoms with Crippen LogP contribution in [0.25, 0.3) is 0 Å². The lowest BCUT2D eigenvalue weighted by molar-refractivity contribution is -0.121. The molecule has 1 N–H and O–H groups in total. The van der Waals surface area contributed by atoms with E-state index in [1.165, 1.54) is 11.1 Å². The predicted octanol–water partition coefficient (Wildman–Crippen LogP) is 1.85. The second kappa shape index (κ2) is 5.88. The van der Waals surface area contributed by atoms with Crippen LogP contribution in [0.3, 0.4) is 0 Å². The molecule has 1 saturated carbocycles. The van der Waals surface area contributed by atoms with Crippen molar-refractivity contribution in [3.8, 4) is 0 Å². The third-order valence-corrected chi connectivity index (χ3v) is 3.44. The maximum absolute atomic E-state index is 12.2. The zero-order chi connectivity index (χ0) is 14.0. The van der Waals surface area contributed by atoms with Crippen LogP contribution in [-0.4, -0.2) is 41.3 Å². The summed E-state index contributed by atoms with van der Waals surface area (Å²) in [6, 6.07) is 1.87. The van der Waals surface area contributed by atoms with E-state index in [9.17, 15) is 9.59 Å². The highest BCUT2D eigenvalue weighted by Gasteiger charge is 2.25. The Morgan fingerprint density at radius 1 is 1.58 bits per heavy atom. The Bertz CT molecular complexity index is 520. The quantitative estimate of drug-likeness (QED) is 0.846. The smallest absolute Gasteiger partial charge is 0.257 e. The number of hydrogen-bond acceptors (Lipinski definition) is 3. The molecular weight excluding hydrogens is 334 g/mol. The first-order valence-corrected chi connectivity index (χ1v) is 7.00. The summed E-state index contributed by atoms with van der Waals surface area (Å²) >= 11 is 9.12. The molecule has 0 radical (unpaired) electrons. The summed E-state index contributed by atoms with van der Waals surface area (Å²) in [5.41, 5.74) is 0.276. The van der Waals surface area contributed by atoms with Crippen molar-refractivity contribution in [2.24, 2.45) is 0 Å². The number of aromatic nitrogens is 1. The molecule has 1 aromatic rings. The Morgan fingerprint density at radius 2 is 2.26 bits per heavy atom. The van der Waals surface area contributed by atoms with E-state index < -0.39 is 0 Å². The van der Waals surface area contributed by atoms with Crippen LogP contribution in [0.4, 0.5) is 0 Å². The van der Waals surface area contributed by atoms with E-state index in [0.717, 1.165) is 12.8 Å². The Labute approximate surface area is 124 Å². The van der Waals surface area contributed by atoms with Crippen LogP contribution in [0, 0.1) is 0 Å². The molecule has 1 heterocycles. The molecule has 0 atom stereocenters. The maximum Gasteiger partial charge on any atom is 0.257 e. The summed E-state index contributed by atoms with van der Waals surface area (Å²) in [5, 5.41) is 2.95. The van der Waals surface area contributed by atoms with Crippen LogP contribution < -0.4 is 5.32 Å². The molecule has 0 aromatic carbocycles. The van der Waals surface area contributed by atoms with Crippen LogP contribution in [-0.2, 0) is 4.79 Å². The molecule has 0 spiro atoms. The Morgan fingerprint density at radius 3 is 2.89 bits per heavy atom. The van der Waals surface area contributed by atoms with Crippen molar-refractivity contribution in [3.05, 3.63) is 27.5 Å². The molecule has 1 aliphatic carbocycles. The van der Waals surface area contributed by atoms with Gasteiger partial charge < -0.3 is 10.2 Å². The molecular formula is C12H13BrClN3O2. The molecule has 102 valence electrons. The molecule has 2 amide bonds. The van der Waals surface area contributed by atoms with Gasteiger partial charge >= 0.3 is 0 Å². The molecule has 0 aliphatic heterocycles. The van der Waals surface area contributed by atoms with Gasteiger partial charge in [0, 0.05) is 23.8 Å². The number of hydrogen-bond donors (Lipinski definition) is 1. The fraction of sp³-hybridized carbons (Fsp3) is 0.417. The van der Waals surface area contributed by atoms with Gasteiger partial charge in [-0.15, -0.1) is 0 Å². The molecule has 2 rings (SSSR count). The van der Waals surface area contributed by atoms with Crippen molar-refractivity contribution in [2.75, 3.05) is 13.6 Å². The maximum atomic E-state index is 12.2. The van der Waals surface area contributed by atoms with Crippen molar-refractivity contribution < 1.29 is 9.59 Å². The highest BCUT2D eigenvalue weighted by Crippen LogP contribution is 2.20. The van der Waals surface area contributed by atoms with E-state index in [-0.39, 0.29) is 35.1 Å². The average Bonchev–Trinajstić information content (AvgIpc) is 3.15. The summed E-state index contributed by atoms with van der Waals surface area (Å²) in [6.07, 6.45) is 3.55. The highest BCUT2D eigenvalue weighted by molar-refractivity contribution is 9.10. The highest BCUT2D eigenvalue weighted by atomic mass is 79.9. The van der Waals surface area contributed by atoms with Gasteiger partial charge in [-0.2, -0.15) is 0 Å². The first-order chi connectivity index (χ1) is 8.97. The molecule has 19 heavy (non-hydrogen) atoms. The van der Waals surface area contributed by atoms with Crippen LogP contribution in [0.15, 0.2) is 16.7 Å². The summed E-state index contributed by atoms with van der Waals surface area (Å²) < 4.78 is 0.663. The third-order valence-electron chi connectivity index (χ3n) is 2.71. The molecule has 0 unspecified atom stereocenters. The molecule has 5 nitrogen and oxygen atoms in total. The minimum atomic E-state index is -0.329. The van der Waals surface area contributed by atoms with E-state index in [4.69, 9.17) is 11.6 Å². The van der Waals surface area contributed by atoms with Crippen molar-refractivity contribution in [1.29, 1.82) is 0 Å². The number of nitrogens with zero attached hydrogens (tertiary/aromatic N) is 2. The number of pyridine rings is 1. The fourth-order valence-corrected chi connectivity index (χ4v) is 2.08. The second-order valence-electron chi connectivity index (χ2n) is 4.49.